The van der Waals surface area contributed by atoms with Gasteiger partial charge in [0.05, 0.1) is 10.9 Å². The number of halogens is 1. The molecule has 0 radical (unpaired) electrons. The molecule has 3 fully saturated rings. The second-order valence-corrected chi connectivity index (χ2v) is 19.1. The summed E-state index contributed by atoms with van der Waals surface area (Å²) < 4.78 is 42.9. The maximum Gasteiger partial charge on any atom is 0.264 e. The molecule has 2 amide bonds. The van der Waals surface area contributed by atoms with Crippen molar-refractivity contribution in [1.29, 1.82) is 0 Å². The zero-order valence-corrected chi connectivity index (χ0v) is 34.4. The molecule has 2 aromatic carbocycles. The van der Waals surface area contributed by atoms with Gasteiger partial charge in [0.1, 0.15) is 18.0 Å². The van der Waals surface area contributed by atoms with E-state index in [1.54, 1.807) is 19.9 Å². The zero-order valence-electron chi connectivity index (χ0n) is 32.8. The van der Waals surface area contributed by atoms with E-state index in [4.69, 9.17) is 21.1 Å². The van der Waals surface area contributed by atoms with Gasteiger partial charge in [-0.05, 0) is 105 Å². The first-order valence-electron chi connectivity index (χ1n) is 20.2. The smallest absolute Gasteiger partial charge is 0.264 e. The van der Waals surface area contributed by atoms with Crippen molar-refractivity contribution in [2.75, 3.05) is 70.9 Å². The van der Waals surface area contributed by atoms with Gasteiger partial charge in [-0.2, -0.15) is 0 Å². The number of hydrogen-bond donors (Lipinski definition) is 1. The Kier molecular flexibility index (Phi) is 12.2. The second-order valence-electron chi connectivity index (χ2n) is 16.6. The molecular formula is C42H58ClN5O6S. The van der Waals surface area contributed by atoms with Crippen molar-refractivity contribution in [2.45, 2.75) is 82.8 Å². The lowest BCUT2D eigenvalue weighted by Gasteiger charge is -2.53. The van der Waals surface area contributed by atoms with Crippen molar-refractivity contribution in [3.05, 3.63) is 70.3 Å². The molecular weight excluding hydrogens is 738 g/mol. The van der Waals surface area contributed by atoms with E-state index in [2.05, 4.69) is 31.6 Å². The summed E-state index contributed by atoms with van der Waals surface area (Å²) in [5.74, 6) is 0.430. The predicted octanol–water partition coefficient (Wildman–Crippen LogP) is 5.37. The van der Waals surface area contributed by atoms with E-state index in [-0.39, 0.29) is 29.3 Å². The zero-order chi connectivity index (χ0) is 38.9. The summed E-state index contributed by atoms with van der Waals surface area (Å²) in [5, 5.41) is -0.0981. The Hall–Kier alpha value is -3.16. The van der Waals surface area contributed by atoms with E-state index < -0.39 is 26.8 Å². The SMILES string of the molecule is CO[C@@]1(CN2CCN3CCN(C(C)=O)C[C@H]3C2)/C=C/C[C@H](C)[C@@H](C)S(=O)(=O)NC(=O)c2ccc3c(c2)N(CCCCc2cc(Cl)ccc2CO3)C[C@@H]2CC[C@H]21. The van der Waals surface area contributed by atoms with Crippen molar-refractivity contribution in [1.82, 2.24) is 19.4 Å². The first-order valence-corrected chi connectivity index (χ1v) is 22.1. The Balaban J connectivity index is 1.23. The van der Waals surface area contributed by atoms with Crippen LogP contribution in [-0.2, 0) is 32.6 Å². The fourth-order valence-corrected chi connectivity index (χ4v) is 10.9. The molecule has 4 heterocycles. The maximum atomic E-state index is 13.7. The third-order valence-corrected chi connectivity index (χ3v) is 15.4. The highest BCUT2D eigenvalue weighted by Gasteiger charge is 2.49. The normalized spacial score (nSPS) is 31.3. The van der Waals surface area contributed by atoms with Crippen LogP contribution in [0, 0.1) is 17.8 Å². The van der Waals surface area contributed by atoms with E-state index in [9.17, 15) is 18.0 Å². The predicted molar refractivity (Wildman–Crippen MR) is 216 cm³/mol. The van der Waals surface area contributed by atoms with Crippen LogP contribution in [0.15, 0.2) is 48.6 Å². The van der Waals surface area contributed by atoms with Crippen molar-refractivity contribution in [2.24, 2.45) is 17.8 Å². The van der Waals surface area contributed by atoms with Crippen LogP contribution in [0.2, 0.25) is 5.02 Å². The number of nitrogens with zero attached hydrogens (tertiary/aromatic N) is 4. The van der Waals surface area contributed by atoms with Gasteiger partial charge in [0.2, 0.25) is 15.9 Å². The molecule has 2 aromatic rings. The minimum absolute atomic E-state index is 0.132. The first kappa shape index (κ1) is 40.1. The van der Waals surface area contributed by atoms with Crippen LogP contribution in [0.5, 0.6) is 5.75 Å². The third kappa shape index (κ3) is 8.73. The lowest BCUT2D eigenvalue weighted by Crippen LogP contribution is -2.65. The molecule has 5 aliphatic rings. The Labute approximate surface area is 332 Å². The molecule has 11 nitrogen and oxygen atoms in total. The van der Waals surface area contributed by atoms with Gasteiger partial charge in [0, 0.05) is 89.6 Å². The molecule has 4 aliphatic heterocycles. The van der Waals surface area contributed by atoms with Crippen LogP contribution in [0.25, 0.3) is 0 Å². The largest absolute Gasteiger partial charge is 0.487 e. The number of aryl methyl sites for hydroxylation is 1. The average molecular weight is 796 g/mol. The number of anilines is 1. The molecule has 300 valence electrons. The van der Waals surface area contributed by atoms with Gasteiger partial charge in [-0.15, -0.1) is 0 Å². The van der Waals surface area contributed by atoms with Crippen LogP contribution in [0.1, 0.15) is 74.4 Å². The Morgan fingerprint density at radius 2 is 1.82 bits per heavy atom. The van der Waals surface area contributed by atoms with Crippen molar-refractivity contribution >= 4 is 39.1 Å². The van der Waals surface area contributed by atoms with Gasteiger partial charge in [0.15, 0.2) is 0 Å². The average Bonchev–Trinajstić information content (AvgIpc) is 3.18. The molecule has 55 heavy (non-hydrogen) atoms. The number of carbonyl (C=O) groups excluding carboxylic acids is 2. The minimum Gasteiger partial charge on any atom is -0.487 e. The Morgan fingerprint density at radius 1 is 1.00 bits per heavy atom. The maximum absolute atomic E-state index is 13.7. The number of allylic oxidation sites excluding steroid dienone is 1. The van der Waals surface area contributed by atoms with Gasteiger partial charge < -0.3 is 19.3 Å². The van der Waals surface area contributed by atoms with Crippen LogP contribution < -0.4 is 14.4 Å². The number of ether oxygens (including phenoxy) is 2. The fraction of sp³-hybridized carbons (Fsp3) is 0.619. The van der Waals surface area contributed by atoms with Crippen molar-refractivity contribution < 1.29 is 27.5 Å². The standard InChI is InChI=1S/C42H58ClN5O6S/c1-29-8-7-16-42(53-4,28-45-18-19-46-20-21-47(31(3)49)26-37(46)25-45)38-14-11-34(38)24-48-17-6-5-9-32-22-36(43)13-10-35(32)27-54-40-15-12-33(23-39(40)48)41(50)44-55(51,52)30(29)2/h7,10,12-13,15-16,22-23,29-30,34,37-38H,5-6,8-9,11,14,17-21,24-28H2,1-4H3,(H,44,50)/b16-7+/t29-,30+,34-,37+,38+,42+/m0/s1. The van der Waals surface area contributed by atoms with E-state index in [1.807, 2.05) is 49.3 Å². The molecule has 2 bridgehead atoms. The van der Waals surface area contributed by atoms with Crippen LogP contribution in [0.4, 0.5) is 5.69 Å². The summed E-state index contributed by atoms with van der Waals surface area (Å²) in [5.41, 5.74) is 2.74. The molecule has 1 N–H and O–H groups in total. The summed E-state index contributed by atoms with van der Waals surface area (Å²) in [6.07, 6.45) is 9.69. The number of fused-ring (bicyclic) bond motifs is 4. The van der Waals surface area contributed by atoms with Gasteiger partial charge in [-0.3, -0.25) is 19.4 Å². The van der Waals surface area contributed by atoms with E-state index in [0.29, 0.717) is 36.3 Å². The number of methoxy groups -OCH3 is 1. The number of benzene rings is 2. The molecule has 13 heteroatoms. The second kappa shape index (κ2) is 16.7. The van der Waals surface area contributed by atoms with E-state index >= 15 is 0 Å². The highest BCUT2D eigenvalue weighted by molar-refractivity contribution is 7.90. The lowest BCUT2D eigenvalue weighted by molar-refractivity contribution is -0.134. The molecule has 7 rings (SSSR count). The lowest BCUT2D eigenvalue weighted by atomic mass is 9.63. The molecule has 1 aliphatic carbocycles. The third-order valence-electron chi connectivity index (χ3n) is 13.2. The van der Waals surface area contributed by atoms with Crippen molar-refractivity contribution in [3.63, 3.8) is 0 Å². The van der Waals surface area contributed by atoms with Crippen LogP contribution in [0.3, 0.4) is 0 Å². The number of piperazine rings is 2. The summed E-state index contributed by atoms with van der Waals surface area (Å²) in [7, 11) is -2.16. The number of nitrogens with one attached hydrogen (secondary N) is 1. The van der Waals surface area contributed by atoms with Crippen LogP contribution in [-0.4, -0.2) is 118 Å². The summed E-state index contributed by atoms with van der Waals surface area (Å²) in [6.45, 7) is 13.0. The number of hydrogen-bond acceptors (Lipinski definition) is 9. The highest BCUT2D eigenvalue weighted by atomic mass is 35.5. The molecule has 0 spiro atoms. The Morgan fingerprint density at radius 3 is 2.58 bits per heavy atom. The highest BCUT2D eigenvalue weighted by Crippen LogP contribution is 2.47. The van der Waals surface area contributed by atoms with E-state index in [1.165, 1.54) is 5.56 Å². The number of amides is 2. The summed E-state index contributed by atoms with van der Waals surface area (Å²) >= 11 is 6.41. The van der Waals surface area contributed by atoms with Gasteiger partial charge in [-0.25, -0.2) is 13.1 Å². The number of carbonyl (C=O) groups is 2. The molecule has 1 saturated carbocycles. The molecule has 0 unspecified atom stereocenters. The quantitative estimate of drug-likeness (QED) is 0.411. The number of rotatable bonds is 3. The molecule has 2 saturated heterocycles. The summed E-state index contributed by atoms with van der Waals surface area (Å²) in [6, 6.07) is 11.5. The molecule has 6 atom stereocenters. The summed E-state index contributed by atoms with van der Waals surface area (Å²) in [4.78, 5) is 35.3. The minimum atomic E-state index is -3.98. The fourth-order valence-electron chi connectivity index (χ4n) is 9.43. The monoisotopic (exact) mass is 795 g/mol. The molecule has 0 aromatic heterocycles. The number of sulfonamides is 1. The van der Waals surface area contributed by atoms with Gasteiger partial charge in [-0.1, -0.05) is 36.7 Å². The van der Waals surface area contributed by atoms with Crippen molar-refractivity contribution in [3.8, 4) is 5.75 Å². The Bertz CT molecular complexity index is 1880. The van der Waals surface area contributed by atoms with Gasteiger partial charge >= 0.3 is 0 Å². The van der Waals surface area contributed by atoms with Gasteiger partial charge in [0.25, 0.3) is 5.91 Å². The first-order chi connectivity index (χ1) is 26.4. The van der Waals surface area contributed by atoms with Crippen LogP contribution >= 0.6 is 11.6 Å². The topological polar surface area (TPSA) is 112 Å². The van der Waals surface area contributed by atoms with E-state index in [0.717, 1.165) is 95.7 Å².